The van der Waals surface area contributed by atoms with Crippen LogP contribution in [-0.4, -0.2) is 29.6 Å². The number of rotatable bonds is 8. The summed E-state index contributed by atoms with van der Waals surface area (Å²) in [7, 11) is 0. The number of nitrogens with one attached hydrogen (secondary N) is 1. The lowest BCUT2D eigenvalue weighted by molar-refractivity contribution is -0.133. The van der Waals surface area contributed by atoms with Crippen LogP contribution in [0.3, 0.4) is 0 Å². The van der Waals surface area contributed by atoms with Crippen LogP contribution in [0.2, 0.25) is 0 Å². The minimum atomic E-state index is -0.481. The first-order valence-electron chi connectivity index (χ1n) is 8.15. The minimum Gasteiger partial charge on any atom is -0.431 e. The van der Waals surface area contributed by atoms with E-state index in [1.807, 2.05) is 30.3 Å². The van der Waals surface area contributed by atoms with E-state index < -0.39 is 11.9 Å². The quantitative estimate of drug-likeness (QED) is 0.204. The molecule has 0 saturated heterocycles. The fourth-order valence-electron chi connectivity index (χ4n) is 1.21. The second-order valence-electron chi connectivity index (χ2n) is 4.75. The van der Waals surface area contributed by atoms with Crippen molar-refractivity contribution in [2.24, 2.45) is 5.73 Å². The highest BCUT2D eigenvalue weighted by Crippen LogP contribution is 2.05. The average molecular weight is 398 g/mol. The Hall–Kier alpha value is -3.97. The molecule has 1 rings (SSSR count). The Labute approximate surface area is 170 Å². The predicted molar refractivity (Wildman–Crippen MR) is 115 cm³/mol. The highest BCUT2D eigenvalue weighted by Gasteiger charge is 2.02. The van der Waals surface area contributed by atoms with E-state index in [0.29, 0.717) is 5.57 Å². The molecule has 7 nitrogen and oxygen atoms in total. The number of aliphatic hydroxyl groups is 1. The third-order valence-electron chi connectivity index (χ3n) is 2.57. The first-order valence-corrected chi connectivity index (χ1v) is 8.15. The van der Waals surface area contributed by atoms with Crippen LogP contribution < -0.4 is 11.1 Å². The van der Waals surface area contributed by atoms with Crippen molar-refractivity contribution >= 4 is 23.9 Å². The summed E-state index contributed by atoms with van der Waals surface area (Å²) in [5.74, 6) is -1.32. The number of hydrogen-bond donors (Lipinski definition) is 3. The molecule has 0 fully saturated rings. The molecule has 0 aliphatic heterocycles. The van der Waals surface area contributed by atoms with Gasteiger partial charge in [-0.15, -0.1) is 0 Å². The number of esters is 1. The molecular formula is C22H26N2O5. The first kappa shape index (κ1) is 27.3. The molecular weight excluding hydrogens is 372 g/mol. The van der Waals surface area contributed by atoms with Gasteiger partial charge in [-0.05, 0) is 29.9 Å². The van der Waals surface area contributed by atoms with E-state index in [9.17, 15) is 14.4 Å². The van der Waals surface area contributed by atoms with Crippen molar-refractivity contribution in [3.63, 3.8) is 0 Å². The van der Waals surface area contributed by atoms with Crippen molar-refractivity contribution < 1.29 is 24.2 Å². The highest BCUT2D eigenvalue weighted by atomic mass is 16.5. The molecule has 29 heavy (non-hydrogen) atoms. The van der Waals surface area contributed by atoms with Crippen molar-refractivity contribution in [3.8, 4) is 0 Å². The van der Waals surface area contributed by atoms with Crippen LogP contribution >= 0.6 is 0 Å². The van der Waals surface area contributed by atoms with Crippen LogP contribution in [0.5, 0.6) is 0 Å². The molecule has 4 N–H and O–H groups in total. The van der Waals surface area contributed by atoms with Gasteiger partial charge in [-0.3, -0.25) is 9.59 Å². The Morgan fingerprint density at radius 2 is 1.69 bits per heavy atom. The van der Waals surface area contributed by atoms with Crippen LogP contribution in [0, 0.1) is 0 Å². The van der Waals surface area contributed by atoms with E-state index in [0.717, 1.165) is 17.7 Å². The summed E-state index contributed by atoms with van der Waals surface area (Å²) in [5, 5.41) is 10.1. The molecule has 0 spiro atoms. The van der Waals surface area contributed by atoms with Gasteiger partial charge in [0.2, 0.25) is 11.8 Å². The van der Waals surface area contributed by atoms with Crippen LogP contribution in [0.1, 0.15) is 5.56 Å². The molecule has 154 valence electrons. The van der Waals surface area contributed by atoms with E-state index >= 15 is 0 Å². The number of amides is 2. The van der Waals surface area contributed by atoms with Crippen LogP contribution in [0.4, 0.5) is 0 Å². The van der Waals surface area contributed by atoms with E-state index in [1.54, 1.807) is 12.2 Å². The molecule has 0 bridgehead atoms. The number of allylic oxidation sites excluding steroid dienone is 2. The van der Waals surface area contributed by atoms with Crippen LogP contribution in [-0.2, 0) is 19.1 Å². The molecule has 0 aliphatic rings. The van der Waals surface area contributed by atoms with Crippen molar-refractivity contribution in [1.29, 1.82) is 0 Å². The van der Waals surface area contributed by atoms with Gasteiger partial charge in [-0.25, -0.2) is 4.79 Å². The summed E-state index contributed by atoms with van der Waals surface area (Å²) in [4.78, 5) is 30.9. The zero-order chi connectivity index (χ0) is 22.5. The van der Waals surface area contributed by atoms with Gasteiger partial charge in [0.05, 0.1) is 11.8 Å². The van der Waals surface area contributed by atoms with Crippen molar-refractivity contribution in [2.45, 2.75) is 0 Å². The number of carbonyl (C=O) groups excluding carboxylic acids is 3. The molecule has 1 aromatic rings. The van der Waals surface area contributed by atoms with Gasteiger partial charge >= 0.3 is 5.97 Å². The topological polar surface area (TPSA) is 119 Å². The average Bonchev–Trinajstić information content (AvgIpc) is 2.73. The third kappa shape index (κ3) is 18.6. The van der Waals surface area contributed by atoms with Gasteiger partial charge in [0.15, 0.2) is 0 Å². The van der Waals surface area contributed by atoms with Gasteiger partial charge < -0.3 is 20.9 Å². The normalized spacial score (nSPS) is 9.14. The number of primary amides is 1. The van der Waals surface area contributed by atoms with Crippen molar-refractivity contribution in [2.75, 3.05) is 6.73 Å². The lowest BCUT2D eigenvalue weighted by Crippen LogP contribution is -2.20. The van der Waals surface area contributed by atoms with Crippen LogP contribution in [0.25, 0.3) is 6.08 Å². The fourth-order valence-corrected chi connectivity index (χ4v) is 1.21. The maximum absolute atomic E-state index is 11.4. The van der Waals surface area contributed by atoms with E-state index in [-0.39, 0.29) is 12.6 Å². The summed E-state index contributed by atoms with van der Waals surface area (Å²) in [5.41, 5.74) is 5.83. The number of carbonyl (C=O) groups is 3. The lowest BCUT2D eigenvalue weighted by atomic mass is 10.2. The molecule has 0 heterocycles. The fraction of sp³-hybridized carbons (Fsp3) is 0.0455. The molecule has 7 heteroatoms. The summed E-state index contributed by atoms with van der Waals surface area (Å²) in [6.07, 6.45) is 9.91. The summed E-state index contributed by atoms with van der Waals surface area (Å²) in [6, 6.07) is 9.65. The molecule has 0 aliphatic carbocycles. The molecule has 1 aromatic carbocycles. The smallest absolute Gasteiger partial charge is 0.342 e. The predicted octanol–water partition coefficient (Wildman–Crippen LogP) is 2.40. The molecule has 0 aromatic heterocycles. The second-order valence-corrected chi connectivity index (χ2v) is 4.75. The Balaban J connectivity index is 0. The number of nitrogens with two attached hydrogens (primary N) is 1. The second kappa shape index (κ2) is 18.8. The Morgan fingerprint density at radius 3 is 2.10 bits per heavy atom. The van der Waals surface area contributed by atoms with Crippen molar-refractivity contribution in [3.05, 3.63) is 104 Å². The monoisotopic (exact) mass is 398 g/mol. The standard InChI is InChI=1S/C15H14O2.C4H7NO2.C3H5NO/c1-3-4-12-17-15(16)13(2)10-11-14-8-6-5-7-9-14;1-2-4(7)5-3-6;1-2-3(4)5/h3-12H,1-2H2;2,6H,1,3H2,(H,5,7);2H,1H2,(H2,4,5). The van der Waals surface area contributed by atoms with E-state index in [1.165, 1.54) is 18.4 Å². The van der Waals surface area contributed by atoms with Gasteiger partial charge in [0.1, 0.15) is 6.73 Å². The van der Waals surface area contributed by atoms with E-state index in [2.05, 4.69) is 37.4 Å². The minimum absolute atomic E-state index is 0.294. The third-order valence-corrected chi connectivity index (χ3v) is 2.57. The molecule has 0 atom stereocenters. The number of benzene rings is 1. The van der Waals surface area contributed by atoms with Gasteiger partial charge in [-0.2, -0.15) is 0 Å². The zero-order valence-corrected chi connectivity index (χ0v) is 16.1. The lowest BCUT2D eigenvalue weighted by Gasteiger charge is -1.97. The first-order chi connectivity index (χ1) is 13.8. The van der Waals surface area contributed by atoms with Crippen LogP contribution in [0.15, 0.2) is 98.9 Å². The Morgan fingerprint density at radius 1 is 1.10 bits per heavy atom. The number of aliphatic hydroxyl groups excluding tert-OH is 1. The molecule has 0 saturated carbocycles. The molecule has 0 radical (unpaired) electrons. The Kier molecular flexibility index (Phi) is 17.7. The highest BCUT2D eigenvalue weighted by molar-refractivity contribution is 5.92. The van der Waals surface area contributed by atoms with Gasteiger partial charge in [0, 0.05) is 0 Å². The van der Waals surface area contributed by atoms with Gasteiger partial charge in [-0.1, -0.05) is 68.8 Å². The van der Waals surface area contributed by atoms with Gasteiger partial charge in [0.25, 0.3) is 0 Å². The maximum Gasteiger partial charge on any atom is 0.342 e. The molecule has 0 unspecified atom stereocenters. The summed E-state index contributed by atoms with van der Waals surface area (Å²) >= 11 is 0. The summed E-state index contributed by atoms with van der Waals surface area (Å²) in [6.45, 7) is 13.0. The number of ether oxygens (including phenoxy) is 1. The number of hydrogen-bond acceptors (Lipinski definition) is 5. The van der Waals surface area contributed by atoms with Crippen molar-refractivity contribution in [1.82, 2.24) is 5.32 Å². The molecule has 2 amide bonds. The summed E-state index contributed by atoms with van der Waals surface area (Å²) < 4.78 is 4.79. The van der Waals surface area contributed by atoms with E-state index in [4.69, 9.17) is 9.84 Å². The SMILES string of the molecule is C=CC(=O)NCO.C=CC(N)=O.C=CC=COC(=O)C(=C)C=Cc1ccccc1. The zero-order valence-electron chi connectivity index (χ0n) is 16.1. The Bertz CT molecular complexity index is 750. The largest absolute Gasteiger partial charge is 0.431 e. The maximum atomic E-state index is 11.4.